The highest BCUT2D eigenvalue weighted by Gasteiger charge is 2.40. The molecule has 4 aromatic rings. The number of aliphatic hydroxyl groups is 1. The van der Waals surface area contributed by atoms with Crippen LogP contribution in [0, 0.1) is 17.8 Å². The summed E-state index contributed by atoms with van der Waals surface area (Å²) in [5, 5.41) is 19.8. The van der Waals surface area contributed by atoms with Crippen molar-refractivity contribution in [3.63, 3.8) is 0 Å². The van der Waals surface area contributed by atoms with Gasteiger partial charge < -0.3 is 31.9 Å². The SMILES string of the molecule is CC(C)[C@H](NC(=O)OCc1ccccc1)C(=O)NN(CC1CCCCC1)C[C@H](O)C(C(=O)[C@H](CC(N)=O)NC(=O)c1ccc2ccccc2n1)C(N)c1ccccc1. The fourth-order valence-electron chi connectivity index (χ4n) is 7.41. The fraction of sp³-hybridized carbons (Fsp3) is 0.409. The molecule has 0 spiro atoms. The van der Waals surface area contributed by atoms with Crippen LogP contribution in [0.5, 0.6) is 0 Å². The van der Waals surface area contributed by atoms with E-state index < -0.39 is 66.2 Å². The van der Waals surface area contributed by atoms with E-state index in [0.29, 0.717) is 17.6 Å². The lowest BCUT2D eigenvalue weighted by Crippen LogP contribution is -2.58. The van der Waals surface area contributed by atoms with E-state index in [-0.39, 0.29) is 30.7 Å². The molecule has 5 atom stereocenters. The number of ketones is 1. The van der Waals surface area contributed by atoms with Gasteiger partial charge in [0.05, 0.1) is 30.0 Å². The zero-order valence-corrected chi connectivity index (χ0v) is 33.1. The smallest absolute Gasteiger partial charge is 0.408 e. The first kappa shape index (κ1) is 43.4. The van der Waals surface area contributed by atoms with Gasteiger partial charge in [-0.3, -0.25) is 24.6 Å². The van der Waals surface area contributed by atoms with Crippen molar-refractivity contribution in [1.29, 1.82) is 0 Å². The number of ether oxygens (including phenoxy) is 1. The summed E-state index contributed by atoms with van der Waals surface area (Å²) in [6.07, 6.45) is 2.09. The molecule has 1 aromatic heterocycles. The summed E-state index contributed by atoms with van der Waals surface area (Å²) in [5.74, 6) is -4.37. The Hall–Kier alpha value is -5.70. The summed E-state index contributed by atoms with van der Waals surface area (Å²) in [5.41, 5.74) is 17.2. The van der Waals surface area contributed by atoms with Gasteiger partial charge in [-0.25, -0.2) is 14.8 Å². The first-order valence-corrected chi connectivity index (χ1v) is 19.9. The third-order valence-electron chi connectivity index (χ3n) is 10.5. The van der Waals surface area contributed by atoms with Crippen LogP contribution in [0.1, 0.15) is 80.0 Å². The molecule has 14 heteroatoms. The van der Waals surface area contributed by atoms with Gasteiger partial charge in [-0.1, -0.05) is 118 Å². The van der Waals surface area contributed by atoms with Gasteiger partial charge >= 0.3 is 6.09 Å². The maximum absolute atomic E-state index is 14.6. The van der Waals surface area contributed by atoms with Crippen molar-refractivity contribution in [3.8, 4) is 0 Å². The number of hydrogen-bond donors (Lipinski definition) is 6. The Labute approximate surface area is 339 Å². The highest BCUT2D eigenvalue weighted by atomic mass is 16.5. The minimum Gasteiger partial charge on any atom is -0.445 e. The maximum Gasteiger partial charge on any atom is 0.408 e. The Balaban J connectivity index is 1.39. The number of nitrogens with one attached hydrogen (secondary N) is 3. The molecule has 4 amide bonds. The van der Waals surface area contributed by atoms with Gasteiger partial charge in [0.15, 0.2) is 5.78 Å². The zero-order chi connectivity index (χ0) is 41.6. The number of aliphatic hydroxyl groups excluding tert-OH is 1. The Morgan fingerprint density at radius 2 is 1.52 bits per heavy atom. The summed E-state index contributed by atoms with van der Waals surface area (Å²) in [7, 11) is 0. The summed E-state index contributed by atoms with van der Waals surface area (Å²) in [4.78, 5) is 71.9. The molecule has 2 unspecified atom stereocenters. The predicted molar refractivity (Wildman–Crippen MR) is 219 cm³/mol. The number of hydrogen-bond acceptors (Lipinski definition) is 10. The molecule has 0 radical (unpaired) electrons. The molecule has 1 aliphatic rings. The van der Waals surface area contributed by atoms with Gasteiger partial charge in [-0.2, -0.15) is 0 Å². The molecule has 0 aliphatic heterocycles. The van der Waals surface area contributed by atoms with E-state index in [9.17, 15) is 29.1 Å². The number of aromatic nitrogens is 1. The number of carbonyl (C=O) groups is 5. The van der Waals surface area contributed by atoms with Gasteiger partial charge in [0.1, 0.15) is 18.3 Å². The minimum atomic E-state index is -1.51. The summed E-state index contributed by atoms with van der Waals surface area (Å²) in [6, 6.07) is 24.8. The van der Waals surface area contributed by atoms with Crippen molar-refractivity contribution >= 4 is 40.5 Å². The number of fused-ring (bicyclic) bond motifs is 1. The average molecular weight is 794 g/mol. The number of primary amides is 1. The van der Waals surface area contributed by atoms with Crippen LogP contribution in [0.3, 0.4) is 0 Å². The van der Waals surface area contributed by atoms with Crippen LogP contribution < -0.4 is 27.5 Å². The number of para-hydroxylation sites is 1. The van der Waals surface area contributed by atoms with E-state index in [0.717, 1.165) is 43.1 Å². The largest absolute Gasteiger partial charge is 0.445 e. The summed E-state index contributed by atoms with van der Waals surface area (Å²) >= 11 is 0. The van der Waals surface area contributed by atoms with Gasteiger partial charge in [0.2, 0.25) is 5.91 Å². The van der Waals surface area contributed by atoms with E-state index in [4.69, 9.17) is 16.2 Å². The molecule has 0 bridgehead atoms. The third-order valence-corrected chi connectivity index (χ3v) is 10.5. The van der Waals surface area contributed by atoms with Crippen LogP contribution in [0.25, 0.3) is 10.9 Å². The molecular weight excluding hydrogens is 739 g/mol. The number of nitrogens with two attached hydrogens (primary N) is 2. The molecule has 1 saturated carbocycles. The van der Waals surface area contributed by atoms with Crippen molar-refractivity contribution in [2.45, 2.75) is 83.2 Å². The van der Waals surface area contributed by atoms with Crippen LogP contribution >= 0.6 is 0 Å². The van der Waals surface area contributed by atoms with E-state index in [1.165, 1.54) is 6.07 Å². The highest BCUT2D eigenvalue weighted by molar-refractivity contribution is 6.00. The minimum absolute atomic E-state index is 0.0176. The monoisotopic (exact) mass is 793 g/mol. The predicted octanol–water partition coefficient (Wildman–Crippen LogP) is 4.32. The lowest BCUT2D eigenvalue weighted by molar-refractivity contribution is -0.134. The Kier molecular flexibility index (Phi) is 15.8. The number of hydrazine groups is 1. The molecule has 308 valence electrons. The lowest BCUT2D eigenvalue weighted by Gasteiger charge is -2.36. The standard InChI is InChI=1S/C44H55N7O7/c1-28(2)40(49-44(57)58-27-30-16-8-4-9-17-30)43(56)50-51(25-29-14-6-3-7-15-29)26-36(52)38(39(46)32-19-10-5-11-20-32)41(54)35(24-37(45)53)48-42(55)34-23-22-31-18-12-13-21-33(31)47-34/h4-5,8-13,16-23,28-29,35-36,38-40,52H,3,6-7,14-15,24-27,46H2,1-2H3,(H2,45,53)(H,48,55)(H,49,57)(H,50,56)/t35-,36-,38?,39?,40-/m0/s1. The van der Waals surface area contributed by atoms with Crippen LogP contribution in [0.15, 0.2) is 97.1 Å². The van der Waals surface area contributed by atoms with Crippen molar-refractivity contribution in [2.24, 2.45) is 29.2 Å². The number of Topliss-reactive ketones (excluding diaryl/α,β-unsaturated/α-hetero) is 1. The van der Waals surface area contributed by atoms with Gasteiger partial charge in [-0.15, -0.1) is 0 Å². The first-order valence-electron chi connectivity index (χ1n) is 19.9. The topological polar surface area (TPSA) is 219 Å². The highest BCUT2D eigenvalue weighted by Crippen LogP contribution is 2.28. The summed E-state index contributed by atoms with van der Waals surface area (Å²) < 4.78 is 5.40. The molecule has 3 aromatic carbocycles. The lowest BCUT2D eigenvalue weighted by atomic mass is 9.82. The Bertz CT molecular complexity index is 1990. The number of pyridine rings is 1. The zero-order valence-electron chi connectivity index (χ0n) is 33.1. The second-order valence-electron chi connectivity index (χ2n) is 15.3. The van der Waals surface area contributed by atoms with Crippen molar-refractivity contribution in [2.75, 3.05) is 13.1 Å². The summed E-state index contributed by atoms with van der Waals surface area (Å²) in [6.45, 7) is 3.70. The number of amides is 4. The van der Waals surface area contributed by atoms with Crippen LogP contribution in [0.4, 0.5) is 4.79 Å². The molecule has 1 aliphatic carbocycles. The molecule has 58 heavy (non-hydrogen) atoms. The van der Waals surface area contributed by atoms with E-state index in [2.05, 4.69) is 21.0 Å². The Morgan fingerprint density at radius 3 is 2.19 bits per heavy atom. The number of alkyl carbamates (subject to hydrolysis) is 1. The number of benzene rings is 3. The first-order chi connectivity index (χ1) is 27.9. The normalized spacial score (nSPS) is 15.8. The van der Waals surface area contributed by atoms with E-state index >= 15 is 0 Å². The van der Waals surface area contributed by atoms with Crippen LogP contribution in [-0.2, 0) is 25.7 Å². The molecule has 8 N–H and O–H groups in total. The fourth-order valence-corrected chi connectivity index (χ4v) is 7.41. The third kappa shape index (κ3) is 12.4. The molecular formula is C44H55N7O7. The van der Waals surface area contributed by atoms with E-state index in [1.807, 2.05) is 42.5 Å². The van der Waals surface area contributed by atoms with Crippen LogP contribution in [-0.4, -0.2) is 76.0 Å². The van der Waals surface area contributed by atoms with Gasteiger partial charge in [0, 0.05) is 24.5 Å². The number of nitrogens with zero attached hydrogens (tertiary/aromatic N) is 2. The number of rotatable bonds is 19. The van der Waals surface area contributed by atoms with Gasteiger partial charge in [0.25, 0.3) is 11.8 Å². The molecule has 0 saturated heterocycles. The van der Waals surface area contributed by atoms with Crippen molar-refractivity contribution in [1.82, 2.24) is 26.1 Å². The number of carbonyl (C=O) groups excluding carboxylic acids is 5. The molecule has 1 fully saturated rings. The molecule has 14 nitrogen and oxygen atoms in total. The molecule has 1 heterocycles. The van der Waals surface area contributed by atoms with Crippen LogP contribution in [0.2, 0.25) is 0 Å². The van der Waals surface area contributed by atoms with Gasteiger partial charge in [-0.05, 0) is 47.9 Å². The quantitative estimate of drug-likeness (QED) is 0.0739. The maximum atomic E-state index is 14.6. The van der Waals surface area contributed by atoms with E-state index in [1.54, 1.807) is 67.4 Å². The van der Waals surface area contributed by atoms with Crippen molar-refractivity contribution in [3.05, 3.63) is 114 Å². The molecule has 5 rings (SSSR count). The second kappa shape index (κ2) is 21.2. The average Bonchev–Trinajstić information content (AvgIpc) is 3.22. The van der Waals surface area contributed by atoms with Crippen molar-refractivity contribution < 1.29 is 33.8 Å². The Morgan fingerprint density at radius 1 is 0.862 bits per heavy atom. The second-order valence-corrected chi connectivity index (χ2v) is 15.3.